The molecule has 1 atom stereocenters. The fourth-order valence-electron chi connectivity index (χ4n) is 2.34. The predicted molar refractivity (Wildman–Crippen MR) is 62.5 cm³/mol. The van der Waals surface area contributed by atoms with Crippen LogP contribution in [0.5, 0.6) is 0 Å². The zero-order chi connectivity index (χ0) is 10.8. The summed E-state index contributed by atoms with van der Waals surface area (Å²) < 4.78 is 0. The van der Waals surface area contributed by atoms with E-state index in [9.17, 15) is 0 Å². The van der Waals surface area contributed by atoms with Gasteiger partial charge in [0, 0.05) is 19.1 Å². The standard InChI is InChI=1S/C12H26N2/c1-10(2)8-14(5)9-11-12(3,4)6-7-13-11/h10-11,13H,6-9H2,1-5H3. The summed E-state index contributed by atoms with van der Waals surface area (Å²) in [6.45, 7) is 12.9. The molecule has 0 amide bonds. The van der Waals surface area contributed by atoms with E-state index in [2.05, 4.69) is 45.0 Å². The van der Waals surface area contributed by atoms with Gasteiger partial charge in [-0.1, -0.05) is 27.7 Å². The molecule has 0 aromatic carbocycles. The van der Waals surface area contributed by atoms with Crippen LogP contribution >= 0.6 is 0 Å². The van der Waals surface area contributed by atoms with Crippen LogP contribution in [0, 0.1) is 11.3 Å². The van der Waals surface area contributed by atoms with Gasteiger partial charge in [0.05, 0.1) is 0 Å². The first-order valence-corrected chi connectivity index (χ1v) is 5.84. The highest BCUT2D eigenvalue weighted by molar-refractivity contribution is 4.92. The first kappa shape index (κ1) is 12.0. The largest absolute Gasteiger partial charge is 0.312 e. The fourth-order valence-corrected chi connectivity index (χ4v) is 2.34. The Bertz CT molecular complexity index is 175. The smallest absolute Gasteiger partial charge is 0.0246 e. The maximum Gasteiger partial charge on any atom is 0.0246 e. The Hall–Kier alpha value is -0.0800. The van der Waals surface area contributed by atoms with E-state index in [4.69, 9.17) is 0 Å². The minimum absolute atomic E-state index is 0.477. The van der Waals surface area contributed by atoms with Gasteiger partial charge in [0.2, 0.25) is 0 Å². The highest BCUT2D eigenvalue weighted by Crippen LogP contribution is 2.29. The SMILES string of the molecule is CC(C)CN(C)CC1NCCC1(C)C. The van der Waals surface area contributed by atoms with Gasteiger partial charge in [-0.15, -0.1) is 0 Å². The quantitative estimate of drug-likeness (QED) is 0.743. The minimum Gasteiger partial charge on any atom is -0.312 e. The number of likely N-dealkylation sites (N-methyl/N-ethyl adjacent to an activating group) is 1. The third-order valence-corrected chi connectivity index (χ3v) is 3.27. The molecule has 1 unspecified atom stereocenters. The van der Waals surface area contributed by atoms with Crippen LogP contribution in [-0.2, 0) is 0 Å². The van der Waals surface area contributed by atoms with Crippen molar-refractivity contribution in [2.24, 2.45) is 11.3 Å². The Kier molecular flexibility index (Phi) is 3.96. The second-order valence-electron chi connectivity index (χ2n) is 5.86. The molecule has 0 bridgehead atoms. The van der Waals surface area contributed by atoms with Gasteiger partial charge in [-0.25, -0.2) is 0 Å². The highest BCUT2D eigenvalue weighted by Gasteiger charge is 2.34. The molecule has 1 fully saturated rings. The molecule has 2 nitrogen and oxygen atoms in total. The van der Waals surface area contributed by atoms with Crippen molar-refractivity contribution in [2.75, 3.05) is 26.7 Å². The molecule has 1 N–H and O–H groups in total. The van der Waals surface area contributed by atoms with Crippen molar-refractivity contribution in [3.63, 3.8) is 0 Å². The summed E-state index contributed by atoms with van der Waals surface area (Å²) in [5, 5.41) is 3.61. The fraction of sp³-hybridized carbons (Fsp3) is 1.00. The lowest BCUT2D eigenvalue weighted by Gasteiger charge is -2.31. The normalized spacial score (nSPS) is 26.4. The molecular formula is C12H26N2. The van der Waals surface area contributed by atoms with E-state index in [1.54, 1.807) is 0 Å². The van der Waals surface area contributed by atoms with Crippen molar-refractivity contribution in [2.45, 2.75) is 40.2 Å². The summed E-state index contributed by atoms with van der Waals surface area (Å²) in [5.74, 6) is 0.768. The lowest BCUT2D eigenvalue weighted by molar-refractivity contribution is 0.209. The van der Waals surface area contributed by atoms with E-state index in [1.807, 2.05) is 0 Å². The van der Waals surface area contributed by atoms with E-state index in [0.717, 1.165) is 5.92 Å². The number of hydrogen-bond donors (Lipinski definition) is 1. The van der Waals surface area contributed by atoms with Gasteiger partial charge in [-0.3, -0.25) is 0 Å². The lowest BCUT2D eigenvalue weighted by Crippen LogP contribution is -2.43. The summed E-state index contributed by atoms with van der Waals surface area (Å²) in [4.78, 5) is 2.45. The maximum atomic E-state index is 3.61. The molecule has 2 heteroatoms. The monoisotopic (exact) mass is 198 g/mol. The third kappa shape index (κ3) is 3.25. The molecule has 84 valence electrons. The van der Waals surface area contributed by atoms with Crippen LogP contribution in [-0.4, -0.2) is 37.6 Å². The molecule has 1 rings (SSSR count). The number of nitrogens with one attached hydrogen (secondary N) is 1. The molecule has 1 aliphatic rings. The Morgan fingerprint density at radius 3 is 2.50 bits per heavy atom. The Morgan fingerprint density at radius 2 is 2.07 bits per heavy atom. The van der Waals surface area contributed by atoms with Crippen LogP contribution in [0.3, 0.4) is 0 Å². The summed E-state index contributed by atoms with van der Waals surface area (Å²) in [6.07, 6.45) is 1.31. The molecule has 1 aliphatic heterocycles. The molecule has 1 saturated heterocycles. The molecule has 0 aromatic rings. The van der Waals surface area contributed by atoms with Crippen molar-refractivity contribution >= 4 is 0 Å². The average molecular weight is 198 g/mol. The van der Waals surface area contributed by atoms with Gasteiger partial charge in [0.15, 0.2) is 0 Å². The predicted octanol–water partition coefficient (Wildman–Crippen LogP) is 1.96. The number of nitrogens with zero attached hydrogens (tertiary/aromatic N) is 1. The van der Waals surface area contributed by atoms with Gasteiger partial charge in [-0.2, -0.15) is 0 Å². The molecule has 0 aromatic heterocycles. The maximum absolute atomic E-state index is 3.61. The van der Waals surface area contributed by atoms with Crippen LogP contribution in [0.4, 0.5) is 0 Å². The molecule has 14 heavy (non-hydrogen) atoms. The molecule has 0 aliphatic carbocycles. The summed E-state index contributed by atoms with van der Waals surface area (Å²) >= 11 is 0. The van der Waals surface area contributed by atoms with Crippen molar-refractivity contribution < 1.29 is 0 Å². The first-order valence-electron chi connectivity index (χ1n) is 5.84. The lowest BCUT2D eigenvalue weighted by atomic mass is 9.85. The highest BCUT2D eigenvalue weighted by atomic mass is 15.1. The summed E-state index contributed by atoms with van der Waals surface area (Å²) in [5.41, 5.74) is 0.477. The van der Waals surface area contributed by atoms with Gasteiger partial charge in [-0.05, 0) is 31.3 Å². The van der Waals surface area contributed by atoms with Crippen LogP contribution in [0.1, 0.15) is 34.1 Å². The van der Waals surface area contributed by atoms with Gasteiger partial charge < -0.3 is 10.2 Å². The Morgan fingerprint density at radius 1 is 1.43 bits per heavy atom. The third-order valence-electron chi connectivity index (χ3n) is 3.27. The summed E-state index contributed by atoms with van der Waals surface area (Å²) in [7, 11) is 2.23. The van der Waals surface area contributed by atoms with Crippen LogP contribution in [0.2, 0.25) is 0 Å². The van der Waals surface area contributed by atoms with Gasteiger partial charge >= 0.3 is 0 Å². The average Bonchev–Trinajstić information content (AvgIpc) is 2.29. The number of hydrogen-bond acceptors (Lipinski definition) is 2. The molecule has 0 saturated carbocycles. The zero-order valence-electron chi connectivity index (χ0n) is 10.4. The second-order valence-corrected chi connectivity index (χ2v) is 5.86. The van der Waals surface area contributed by atoms with Crippen molar-refractivity contribution in [3.8, 4) is 0 Å². The van der Waals surface area contributed by atoms with Crippen molar-refractivity contribution in [1.29, 1.82) is 0 Å². The van der Waals surface area contributed by atoms with E-state index in [0.29, 0.717) is 11.5 Å². The van der Waals surface area contributed by atoms with Crippen molar-refractivity contribution in [3.05, 3.63) is 0 Å². The van der Waals surface area contributed by atoms with E-state index < -0.39 is 0 Å². The molecule has 1 heterocycles. The van der Waals surface area contributed by atoms with Crippen molar-refractivity contribution in [1.82, 2.24) is 10.2 Å². The molecular weight excluding hydrogens is 172 g/mol. The van der Waals surface area contributed by atoms with Crippen LogP contribution in [0.25, 0.3) is 0 Å². The molecule has 0 radical (unpaired) electrons. The Balaban J connectivity index is 2.36. The van der Waals surface area contributed by atoms with E-state index in [1.165, 1.54) is 26.1 Å². The van der Waals surface area contributed by atoms with Gasteiger partial charge in [0.1, 0.15) is 0 Å². The van der Waals surface area contributed by atoms with E-state index >= 15 is 0 Å². The zero-order valence-corrected chi connectivity index (χ0v) is 10.4. The van der Waals surface area contributed by atoms with E-state index in [-0.39, 0.29) is 0 Å². The summed E-state index contributed by atoms with van der Waals surface area (Å²) in [6, 6.07) is 0.672. The van der Waals surface area contributed by atoms with Crippen LogP contribution in [0.15, 0.2) is 0 Å². The number of rotatable bonds is 4. The van der Waals surface area contributed by atoms with Gasteiger partial charge in [0.25, 0.3) is 0 Å². The van der Waals surface area contributed by atoms with Crippen LogP contribution < -0.4 is 5.32 Å². The molecule has 0 spiro atoms. The minimum atomic E-state index is 0.477. The topological polar surface area (TPSA) is 15.3 Å². The second kappa shape index (κ2) is 4.63. The Labute approximate surface area is 89.1 Å². The first-order chi connectivity index (χ1) is 6.42.